The number of nitrogens with zero attached hydrogens (tertiary/aromatic N) is 1. The van der Waals surface area contributed by atoms with Crippen molar-refractivity contribution in [2.45, 2.75) is 40.0 Å². The lowest BCUT2D eigenvalue weighted by Crippen LogP contribution is -2.49. The number of hydrogen-bond donors (Lipinski definition) is 1. The highest BCUT2D eigenvalue weighted by molar-refractivity contribution is 6.00. The molecule has 0 saturated carbocycles. The van der Waals surface area contributed by atoms with E-state index >= 15 is 0 Å². The van der Waals surface area contributed by atoms with Crippen LogP contribution in [-0.4, -0.2) is 31.1 Å². The molecule has 1 N–H and O–H groups in total. The molecule has 0 aliphatic carbocycles. The van der Waals surface area contributed by atoms with Crippen molar-refractivity contribution in [1.82, 2.24) is 5.32 Å². The van der Waals surface area contributed by atoms with Gasteiger partial charge in [-0.15, -0.1) is 0 Å². The number of carbonyl (C=O) groups excluding carboxylic acids is 3. The molecule has 2 aromatic rings. The van der Waals surface area contributed by atoms with Crippen LogP contribution in [0, 0.1) is 5.41 Å². The fourth-order valence-corrected chi connectivity index (χ4v) is 3.76. The number of rotatable bonds is 6. The van der Waals surface area contributed by atoms with E-state index in [1.807, 2.05) is 18.2 Å². The number of fused-ring (bicyclic) bond motifs is 1. The van der Waals surface area contributed by atoms with E-state index in [-0.39, 0.29) is 37.7 Å². The van der Waals surface area contributed by atoms with Crippen LogP contribution in [0.1, 0.15) is 37.5 Å². The molecule has 0 fully saturated rings. The molecule has 1 heterocycles. The smallest absolute Gasteiger partial charge is 0.419 e. The molecule has 7 nitrogen and oxygen atoms in total. The summed E-state index contributed by atoms with van der Waals surface area (Å²) in [5, 5.41) is 2.54. The zero-order valence-corrected chi connectivity index (χ0v) is 19.0. The van der Waals surface area contributed by atoms with E-state index in [1.54, 1.807) is 26.0 Å². The van der Waals surface area contributed by atoms with Crippen LogP contribution >= 0.6 is 0 Å². The van der Waals surface area contributed by atoms with E-state index in [4.69, 9.17) is 9.47 Å². The molecular formula is C24H25F3N2O5. The monoisotopic (exact) mass is 478 g/mol. The maximum absolute atomic E-state index is 13.6. The Hall–Kier alpha value is -3.56. The Morgan fingerprint density at radius 2 is 1.82 bits per heavy atom. The maximum Gasteiger partial charge on any atom is 0.419 e. The summed E-state index contributed by atoms with van der Waals surface area (Å²) < 4.78 is 50.7. The first-order chi connectivity index (χ1) is 15.9. The molecule has 2 amide bonds. The molecule has 0 radical (unpaired) electrons. The molecule has 0 unspecified atom stereocenters. The van der Waals surface area contributed by atoms with Crippen LogP contribution in [0.5, 0.6) is 5.75 Å². The molecule has 2 aromatic carbocycles. The Labute approximate surface area is 194 Å². The SMILES string of the molecule is CC(=O)Oc1cc2c(cc1C(F)(F)F)CC(C)(C)C(=O)N2CCNC(=O)OCc1ccccc1. The molecule has 182 valence electrons. The average Bonchev–Trinajstić information content (AvgIpc) is 2.74. The van der Waals surface area contributed by atoms with Crippen molar-refractivity contribution in [2.24, 2.45) is 5.41 Å². The summed E-state index contributed by atoms with van der Waals surface area (Å²) in [6.07, 6.45) is -5.37. The van der Waals surface area contributed by atoms with Crippen LogP contribution in [0.4, 0.5) is 23.7 Å². The third-order valence-electron chi connectivity index (χ3n) is 5.30. The molecular weight excluding hydrogens is 453 g/mol. The van der Waals surface area contributed by atoms with Crippen LogP contribution in [0.25, 0.3) is 0 Å². The number of carbonyl (C=O) groups is 3. The first kappa shape index (κ1) is 25.1. The summed E-state index contributed by atoms with van der Waals surface area (Å²) >= 11 is 0. The highest BCUT2D eigenvalue weighted by Gasteiger charge is 2.42. The van der Waals surface area contributed by atoms with Gasteiger partial charge in [0.15, 0.2) is 0 Å². The van der Waals surface area contributed by atoms with Crippen LogP contribution in [-0.2, 0) is 33.5 Å². The summed E-state index contributed by atoms with van der Waals surface area (Å²) in [6.45, 7) is 4.33. The van der Waals surface area contributed by atoms with Crippen molar-refractivity contribution in [3.8, 4) is 5.75 Å². The minimum absolute atomic E-state index is 0.00119. The molecule has 1 aliphatic rings. The van der Waals surface area contributed by atoms with Gasteiger partial charge in [0.1, 0.15) is 12.4 Å². The standard InChI is InChI=1S/C24H25F3N2O5/c1-15(30)34-20-12-19-17(11-18(20)24(25,26)27)13-23(2,3)21(31)29(19)10-9-28-22(32)33-14-16-7-5-4-6-8-16/h4-8,11-12H,9-10,13-14H2,1-3H3,(H,28,32). The van der Waals surface area contributed by atoms with Gasteiger partial charge in [0, 0.05) is 31.5 Å². The van der Waals surface area contributed by atoms with Crippen molar-refractivity contribution in [3.63, 3.8) is 0 Å². The number of nitrogens with one attached hydrogen (secondary N) is 1. The second kappa shape index (κ2) is 9.74. The molecule has 0 saturated heterocycles. The maximum atomic E-state index is 13.6. The van der Waals surface area contributed by atoms with Crippen LogP contribution in [0.15, 0.2) is 42.5 Å². The zero-order chi connectivity index (χ0) is 25.1. The Balaban J connectivity index is 1.78. The normalized spacial score (nSPS) is 14.9. The van der Waals surface area contributed by atoms with Gasteiger partial charge in [-0.05, 0) is 23.6 Å². The van der Waals surface area contributed by atoms with Crippen molar-refractivity contribution in [2.75, 3.05) is 18.0 Å². The third-order valence-corrected chi connectivity index (χ3v) is 5.30. The number of benzene rings is 2. The Morgan fingerprint density at radius 1 is 1.15 bits per heavy atom. The van der Waals surface area contributed by atoms with E-state index in [9.17, 15) is 27.6 Å². The van der Waals surface area contributed by atoms with Gasteiger partial charge < -0.3 is 19.7 Å². The summed E-state index contributed by atoms with van der Waals surface area (Å²) in [5.41, 5.74) is -0.758. The Kier molecular flexibility index (Phi) is 7.18. The number of hydrogen-bond acceptors (Lipinski definition) is 5. The van der Waals surface area contributed by atoms with Gasteiger partial charge in [-0.2, -0.15) is 13.2 Å². The lowest BCUT2D eigenvalue weighted by molar-refractivity contribution is -0.141. The quantitative estimate of drug-likeness (QED) is 0.489. The predicted octanol–water partition coefficient (Wildman–Crippen LogP) is 4.47. The van der Waals surface area contributed by atoms with E-state index < -0.39 is 35.0 Å². The van der Waals surface area contributed by atoms with Crippen molar-refractivity contribution in [3.05, 3.63) is 59.2 Å². The summed E-state index contributed by atoms with van der Waals surface area (Å²) in [7, 11) is 0. The molecule has 0 bridgehead atoms. The first-order valence-corrected chi connectivity index (χ1v) is 10.6. The van der Waals surface area contributed by atoms with Gasteiger partial charge in [-0.25, -0.2) is 4.79 Å². The second-order valence-corrected chi connectivity index (χ2v) is 8.57. The van der Waals surface area contributed by atoms with Gasteiger partial charge in [-0.3, -0.25) is 9.59 Å². The molecule has 10 heteroatoms. The molecule has 1 aliphatic heterocycles. The largest absolute Gasteiger partial charge is 0.445 e. The third kappa shape index (κ3) is 5.86. The summed E-state index contributed by atoms with van der Waals surface area (Å²) in [4.78, 5) is 37.8. The van der Waals surface area contributed by atoms with Gasteiger partial charge in [0.25, 0.3) is 0 Å². The average molecular weight is 478 g/mol. The van der Waals surface area contributed by atoms with Gasteiger partial charge in [0.2, 0.25) is 5.91 Å². The van der Waals surface area contributed by atoms with Gasteiger partial charge in [0.05, 0.1) is 11.3 Å². The highest BCUT2D eigenvalue weighted by Crippen LogP contribution is 2.45. The number of ether oxygens (including phenoxy) is 2. The molecule has 3 rings (SSSR count). The summed E-state index contributed by atoms with van der Waals surface area (Å²) in [6, 6.07) is 11.0. The molecule has 0 spiro atoms. The fraction of sp³-hybridized carbons (Fsp3) is 0.375. The topological polar surface area (TPSA) is 84.9 Å². The van der Waals surface area contributed by atoms with E-state index in [2.05, 4.69) is 5.32 Å². The Morgan fingerprint density at radius 3 is 2.44 bits per heavy atom. The van der Waals surface area contributed by atoms with Crippen molar-refractivity contribution in [1.29, 1.82) is 0 Å². The number of halogens is 3. The fourth-order valence-electron chi connectivity index (χ4n) is 3.76. The highest BCUT2D eigenvalue weighted by atomic mass is 19.4. The van der Waals surface area contributed by atoms with E-state index in [1.165, 1.54) is 4.90 Å². The first-order valence-electron chi connectivity index (χ1n) is 10.6. The number of amides is 2. The number of alkyl halides is 3. The van der Waals surface area contributed by atoms with E-state index in [0.717, 1.165) is 24.6 Å². The van der Waals surface area contributed by atoms with Crippen molar-refractivity contribution < 1.29 is 37.0 Å². The van der Waals surface area contributed by atoms with Gasteiger partial charge >= 0.3 is 18.2 Å². The number of anilines is 1. The van der Waals surface area contributed by atoms with Crippen LogP contribution < -0.4 is 15.0 Å². The number of esters is 1. The minimum Gasteiger partial charge on any atom is -0.445 e. The van der Waals surface area contributed by atoms with Crippen LogP contribution in [0.3, 0.4) is 0 Å². The lowest BCUT2D eigenvalue weighted by atomic mass is 9.79. The molecule has 0 atom stereocenters. The predicted molar refractivity (Wildman–Crippen MR) is 117 cm³/mol. The second-order valence-electron chi connectivity index (χ2n) is 8.57. The van der Waals surface area contributed by atoms with Gasteiger partial charge in [-0.1, -0.05) is 44.2 Å². The lowest BCUT2D eigenvalue weighted by Gasteiger charge is -2.39. The van der Waals surface area contributed by atoms with Crippen LogP contribution in [0.2, 0.25) is 0 Å². The van der Waals surface area contributed by atoms with E-state index in [0.29, 0.717) is 5.56 Å². The zero-order valence-electron chi connectivity index (χ0n) is 19.0. The number of alkyl carbamates (subject to hydrolysis) is 1. The molecule has 0 aromatic heterocycles. The summed E-state index contributed by atoms with van der Waals surface area (Å²) in [5.74, 6) is -1.92. The Bertz CT molecular complexity index is 1080. The van der Waals surface area contributed by atoms with Crippen molar-refractivity contribution >= 4 is 23.7 Å². The minimum atomic E-state index is -4.75. The molecule has 34 heavy (non-hydrogen) atoms.